The summed E-state index contributed by atoms with van der Waals surface area (Å²) >= 11 is 3.36. The highest BCUT2D eigenvalue weighted by Gasteiger charge is 2.11. The van der Waals surface area contributed by atoms with E-state index in [1.54, 1.807) is 19.2 Å². The molecule has 0 aromatic heterocycles. The van der Waals surface area contributed by atoms with Crippen molar-refractivity contribution in [1.82, 2.24) is 4.90 Å². The van der Waals surface area contributed by atoms with Gasteiger partial charge < -0.3 is 10.2 Å². The number of nitrogens with one attached hydrogen (secondary N) is 1. The molecule has 2 aromatic carbocycles. The second-order valence-corrected chi connectivity index (χ2v) is 5.82. The first kappa shape index (κ1) is 17.0. The van der Waals surface area contributed by atoms with Crippen molar-refractivity contribution in [3.63, 3.8) is 0 Å². The van der Waals surface area contributed by atoms with Crippen LogP contribution in [-0.2, 0) is 9.59 Å². The third-order valence-electron chi connectivity index (χ3n) is 3.12. The lowest BCUT2D eigenvalue weighted by Gasteiger charge is -2.15. The Balaban J connectivity index is 1.89. The quantitative estimate of drug-likeness (QED) is 0.815. The maximum absolute atomic E-state index is 12.0. The molecular weight excluding hydrogens is 356 g/mol. The van der Waals surface area contributed by atoms with Gasteiger partial charge in [0.1, 0.15) is 0 Å². The number of nitrogens with zero attached hydrogens (tertiary/aromatic N) is 1. The highest BCUT2D eigenvalue weighted by Crippen LogP contribution is 2.20. The number of benzene rings is 2. The smallest absolute Gasteiger partial charge is 0.246 e. The third kappa shape index (κ3) is 5.38. The number of anilines is 1. The van der Waals surface area contributed by atoms with Gasteiger partial charge in [0.2, 0.25) is 11.8 Å². The summed E-state index contributed by atoms with van der Waals surface area (Å²) in [6.45, 7) is -0.0146. The molecule has 0 saturated carbocycles. The van der Waals surface area contributed by atoms with Gasteiger partial charge in [-0.25, -0.2) is 0 Å². The number of halogens is 1. The molecule has 2 aromatic rings. The molecule has 0 heterocycles. The molecule has 0 saturated heterocycles. The molecule has 0 radical (unpaired) electrons. The summed E-state index contributed by atoms with van der Waals surface area (Å²) in [6.07, 6.45) is 3.19. The zero-order valence-electron chi connectivity index (χ0n) is 12.7. The molecule has 23 heavy (non-hydrogen) atoms. The molecule has 0 atom stereocenters. The van der Waals surface area contributed by atoms with Gasteiger partial charge in [0.25, 0.3) is 0 Å². The van der Waals surface area contributed by atoms with E-state index in [1.165, 1.54) is 11.0 Å². The summed E-state index contributed by atoms with van der Waals surface area (Å²) in [5.41, 5.74) is 1.62. The molecule has 5 heteroatoms. The van der Waals surface area contributed by atoms with E-state index in [2.05, 4.69) is 21.2 Å². The topological polar surface area (TPSA) is 49.4 Å². The molecule has 0 unspecified atom stereocenters. The molecule has 0 spiro atoms. The fraction of sp³-hybridized carbons (Fsp3) is 0.111. The van der Waals surface area contributed by atoms with Crippen molar-refractivity contribution in [1.29, 1.82) is 0 Å². The van der Waals surface area contributed by atoms with Crippen molar-refractivity contribution in [2.45, 2.75) is 0 Å². The van der Waals surface area contributed by atoms with E-state index in [9.17, 15) is 9.59 Å². The SMILES string of the molecule is CN(CC(=O)Nc1ccccc1Br)C(=O)/C=C/c1ccccc1. The number of hydrogen-bond acceptors (Lipinski definition) is 2. The first-order valence-corrected chi connectivity index (χ1v) is 7.88. The predicted molar refractivity (Wildman–Crippen MR) is 95.9 cm³/mol. The summed E-state index contributed by atoms with van der Waals surface area (Å²) in [5.74, 6) is -0.475. The highest BCUT2D eigenvalue weighted by atomic mass is 79.9. The summed E-state index contributed by atoms with van der Waals surface area (Å²) in [7, 11) is 1.59. The van der Waals surface area contributed by atoms with Crippen molar-refractivity contribution in [2.75, 3.05) is 18.9 Å². The number of para-hydroxylation sites is 1. The molecule has 4 nitrogen and oxygen atoms in total. The summed E-state index contributed by atoms with van der Waals surface area (Å²) in [5, 5.41) is 2.77. The van der Waals surface area contributed by atoms with Crippen LogP contribution in [0, 0.1) is 0 Å². The minimum atomic E-state index is -0.249. The summed E-state index contributed by atoms with van der Waals surface area (Å²) < 4.78 is 0.798. The van der Waals surface area contributed by atoms with Gasteiger partial charge in [-0.15, -0.1) is 0 Å². The summed E-state index contributed by atoms with van der Waals surface area (Å²) in [6, 6.07) is 16.9. The molecule has 0 bridgehead atoms. The number of carbonyl (C=O) groups is 2. The number of carbonyl (C=O) groups excluding carboxylic acids is 2. The zero-order chi connectivity index (χ0) is 16.7. The van der Waals surface area contributed by atoms with Gasteiger partial charge in [-0.05, 0) is 39.7 Å². The van der Waals surface area contributed by atoms with Crippen LogP contribution in [0.25, 0.3) is 6.08 Å². The van der Waals surface area contributed by atoms with Gasteiger partial charge >= 0.3 is 0 Å². The van der Waals surface area contributed by atoms with Crippen molar-refractivity contribution >= 4 is 39.5 Å². The molecule has 2 amide bonds. The van der Waals surface area contributed by atoms with Crippen LogP contribution in [0.5, 0.6) is 0 Å². The largest absolute Gasteiger partial charge is 0.333 e. The lowest BCUT2D eigenvalue weighted by atomic mass is 10.2. The van der Waals surface area contributed by atoms with Gasteiger partial charge in [-0.1, -0.05) is 42.5 Å². The Hall–Kier alpha value is -2.40. The highest BCUT2D eigenvalue weighted by molar-refractivity contribution is 9.10. The lowest BCUT2D eigenvalue weighted by Crippen LogP contribution is -2.33. The van der Waals surface area contributed by atoms with Crippen molar-refractivity contribution < 1.29 is 9.59 Å². The van der Waals surface area contributed by atoms with Gasteiger partial charge in [-0.2, -0.15) is 0 Å². The van der Waals surface area contributed by atoms with Crippen LogP contribution >= 0.6 is 15.9 Å². The zero-order valence-corrected chi connectivity index (χ0v) is 14.3. The first-order chi connectivity index (χ1) is 11.1. The molecule has 1 N–H and O–H groups in total. The van der Waals surface area contributed by atoms with Crippen LogP contribution in [-0.4, -0.2) is 30.3 Å². The van der Waals surface area contributed by atoms with E-state index in [1.807, 2.05) is 48.5 Å². The first-order valence-electron chi connectivity index (χ1n) is 7.09. The van der Waals surface area contributed by atoms with Gasteiger partial charge in [-0.3, -0.25) is 9.59 Å². The van der Waals surface area contributed by atoms with Crippen LogP contribution in [0.15, 0.2) is 65.1 Å². The maximum Gasteiger partial charge on any atom is 0.246 e. The van der Waals surface area contributed by atoms with E-state index < -0.39 is 0 Å². The molecular formula is C18H17BrN2O2. The predicted octanol–water partition coefficient (Wildman–Crippen LogP) is 3.56. The Bertz CT molecular complexity index is 714. The van der Waals surface area contributed by atoms with E-state index in [0.29, 0.717) is 5.69 Å². The van der Waals surface area contributed by atoms with Crippen LogP contribution in [0.2, 0.25) is 0 Å². The van der Waals surface area contributed by atoms with E-state index in [-0.39, 0.29) is 18.4 Å². The van der Waals surface area contributed by atoms with E-state index >= 15 is 0 Å². The van der Waals surface area contributed by atoms with Crippen molar-refractivity contribution in [3.8, 4) is 0 Å². The monoisotopic (exact) mass is 372 g/mol. The van der Waals surface area contributed by atoms with E-state index in [4.69, 9.17) is 0 Å². The van der Waals surface area contributed by atoms with Crippen LogP contribution in [0.4, 0.5) is 5.69 Å². The third-order valence-corrected chi connectivity index (χ3v) is 3.81. The minimum Gasteiger partial charge on any atom is -0.333 e. The Morgan fingerprint density at radius 2 is 1.74 bits per heavy atom. The fourth-order valence-corrected chi connectivity index (χ4v) is 2.29. The van der Waals surface area contributed by atoms with Crippen molar-refractivity contribution in [2.24, 2.45) is 0 Å². The Labute approximate surface area is 143 Å². The number of rotatable bonds is 5. The van der Waals surface area contributed by atoms with Crippen LogP contribution in [0.3, 0.4) is 0 Å². The van der Waals surface area contributed by atoms with Crippen molar-refractivity contribution in [3.05, 3.63) is 70.7 Å². The number of likely N-dealkylation sites (N-methyl/N-ethyl adjacent to an activating group) is 1. The minimum absolute atomic E-state index is 0.0146. The molecule has 0 aliphatic heterocycles. The normalized spacial score (nSPS) is 10.5. The Kier molecular flexibility index (Phi) is 6.11. The maximum atomic E-state index is 12.0. The molecule has 0 aliphatic carbocycles. The molecule has 0 aliphatic rings. The molecule has 118 valence electrons. The second kappa shape index (κ2) is 8.29. The fourth-order valence-electron chi connectivity index (χ4n) is 1.90. The average molecular weight is 373 g/mol. The van der Waals surface area contributed by atoms with Gasteiger partial charge in [0.05, 0.1) is 12.2 Å². The van der Waals surface area contributed by atoms with Crippen LogP contribution < -0.4 is 5.32 Å². The molecule has 2 rings (SSSR count). The standard InChI is InChI=1S/C18H17BrN2O2/c1-21(18(23)12-11-14-7-3-2-4-8-14)13-17(22)20-16-10-6-5-9-15(16)19/h2-12H,13H2,1H3,(H,20,22)/b12-11+. The van der Waals surface area contributed by atoms with Gasteiger partial charge in [0.15, 0.2) is 0 Å². The van der Waals surface area contributed by atoms with E-state index in [0.717, 1.165) is 10.0 Å². The lowest BCUT2D eigenvalue weighted by molar-refractivity contribution is -0.129. The Morgan fingerprint density at radius 1 is 1.09 bits per heavy atom. The summed E-state index contributed by atoms with van der Waals surface area (Å²) in [4.78, 5) is 25.4. The molecule has 0 fully saturated rings. The average Bonchev–Trinajstić information content (AvgIpc) is 2.55. The Morgan fingerprint density at radius 3 is 2.43 bits per heavy atom. The second-order valence-electron chi connectivity index (χ2n) is 4.97. The number of amides is 2. The van der Waals surface area contributed by atoms with Gasteiger partial charge in [0, 0.05) is 17.6 Å². The number of hydrogen-bond donors (Lipinski definition) is 1. The van der Waals surface area contributed by atoms with Crippen LogP contribution in [0.1, 0.15) is 5.56 Å².